The molecular formula is C18H19N3O2. The van der Waals surface area contributed by atoms with Gasteiger partial charge in [-0.3, -0.25) is 9.78 Å². The number of anilines is 1. The second-order valence-electron chi connectivity index (χ2n) is 5.43. The molecule has 2 rings (SSSR count). The average molecular weight is 309 g/mol. The molecular weight excluding hydrogens is 290 g/mol. The Labute approximate surface area is 135 Å². The lowest BCUT2D eigenvalue weighted by Gasteiger charge is -2.17. The lowest BCUT2D eigenvalue weighted by atomic mass is 10.1. The van der Waals surface area contributed by atoms with Gasteiger partial charge in [-0.25, -0.2) is 0 Å². The number of pyridine rings is 1. The van der Waals surface area contributed by atoms with Crippen LogP contribution in [0.4, 0.5) is 5.69 Å². The Morgan fingerprint density at radius 1 is 1.26 bits per heavy atom. The van der Waals surface area contributed by atoms with E-state index in [4.69, 9.17) is 10.00 Å². The van der Waals surface area contributed by atoms with Crippen molar-refractivity contribution in [3.63, 3.8) is 0 Å². The molecule has 118 valence electrons. The Bertz CT molecular complexity index is 738. The fourth-order valence-corrected chi connectivity index (χ4v) is 2.30. The molecule has 1 atom stereocenters. The van der Waals surface area contributed by atoms with Gasteiger partial charge >= 0.3 is 0 Å². The third-order valence-corrected chi connectivity index (χ3v) is 3.44. The minimum absolute atomic E-state index is 0.244. The summed E-state index contributed by atoms with van der Waals surface area (Å²) in [5.41, 5.74) is 3.93. The normalized spacial score (nSPS) is 11.4. The van der Waals surface area contributed by atoms with Gasteiger partial charge < -0.3 is 10.1 Å². The molecule has 2 aromatic rings. The van der Waals surface area contributed by atoms with Gasteiger partial charge in [0.1, 0.15) is 5.75 Å². The zero-order valence-electron chi connectivity index (χ0n) is 13.7. The first kappa shape index (κ1) is 16.5. The van der Waals surface area contributed by atoms with Crippen molar-refractivity contribution in [3.05, 3.63) is 52.8 Å². The van der Waals surface area contributed by atoms with E-state index in [1.807, 2.05) is 32.9 Å². The number of rotatable bonds is 4. The summed E-state index contributed by atoms with van der Waals surface area (Å²) in [5, 5.41) is 11.6. The molecule has 0 saturated carbocycles. The van der Waals surface area contributed by atoms with Crippen LogP contribution in [0.1, 0.15) is 29.4 Å². The molecule has 0 radical (unpaired) electrons. The Kier molecular flexibility index (Phi) is 4.97. The fourth-order valence-electron chi connectivity index (χ4n) is 2.30. The van der Waals surface area contributed by atoms with Gasteiger partial charge in [-0.15, -0.1) is 0 Å². The zero-order valence-corrected chi connectivity index (χ0v) is 13.7. The standard InChI is InChI=1S/C18H19N3O2/c1-11-9-12(2)20-13(3)17(11)21-18(22)14(4)23-16-7-5-15(10-19)6-8-16/h5-9,14H,1-4H3,(H,21,22). The van der Waals surface area contributed by atoms with Crippen molar-refractivity contribution in [3.8, 4) is 11.8 Å². The van der Waals surface area contributed by atoms with Gasteiger partial charge in [0.15, 0.2) is 6.10 Å². The summed E-state index contributed by atoms with van der Waals surface area (Å²) < 4.78 is 5.61. The number of aryl methyl sites for hydroxylation is 3. The lowest BCUT2D eigenvalue weighted by Crippen LogP contribution is -2.30. The number of nitrogens with one attached hydrogen (secondary N) is 1. The Morgan fingerprint density at radius 3 is 2.48 bits per heavy atom. The van der Waals surface area contributed by atoms with Crippen LogP contribution < -0.4 is 10.1 Å². The SMILES string of the molecule is Cc1cc(C)c(NC(=O)C(C)Oc2ccc(C#N)cc2)c(C)n1. The summed E-state index contributed by atoms with van der Waals surface area (Å²) in [6.07, 6.45) is -0.664. The highest BCUT2D eigenvalue weighted by Gasteiger charge is 2.17. The van der Waals surface area contributed by atoms with Crippen LogP contribution in [-0.2, 0) is 4.79 Å². The fraction of sp³-hybridized carbons (Fsp3) is 0.278. The van der Waals surface area contributed by atoms with E-state index < -0.39 is 6.10 Å². The van der Waals surface area contributed by atoms with Gasteiger partial charge in [-0.05, 0) is 63.6 Å². The second-order valence-corrected chi connectivity index (χ2v) is 5.43. The molecule has 5 heteroatoms. The van der Waals surface area contributed by atoms with E-state index in [1.165, 1.54) is 0 Å². The number of aromatic nitrogens is 1. The van der Waals surface area contributed by atoms with Crippen molar-refractivity contribution >= 4 is 11.6 Å². The Balaban J connectivity index is 2.07. The molecule has 5 nitrogen and oxygen atoms in total. The molecule has 0 aliphatic rings. The first-order valence-corrected chi connectivity index (χ1v) is 7.33. The number of carbonyl (C=O) groups excluding carboxylic acids is 1. The minimum Gasteiger partial charge on any atom is -0.481 e. The number of carbonyl (C=O) groups is 1. The maximum absolute atomic E-state index is 12.3. The smallest absolute Gasteiger partial charge is 0.265 e. The van der Waals surface area contributed by atoms with Gasteiger partial charge in [-0.1, -0.05) is 0 Å². The monoisotopic (exact) mass is 309 g/mol. The maximum Gasteiger partial charge on any atom is 0.265 e. The second kappa shape index (κ2) is 6.93. The van der Waals surface area contributed by atoms with E-state index in [2.05, 4.69) is 10.3 Å². The molecule has 1 aromatic heterocycles. The number of amides is 1. The predicted molar refractivity (Wildman–Crippen MR) is 88.3 cm³/mol. The van der Waals surface area contributed by atoms with Crippen molar-refractivity contribution in [2.45, 2.75) is 33.8 Å². The molecule has 23 heavy (non-hydrogen) atoms. The Hall–Kier alpha value is -2.87. The molecule has 0 aliphatic carbocycles. The van der Waals surface area contributed by atoms with Crippen molar-refractivity contribution < 1.29 is 9.53 Å². The molecule has 1 amide bonds. The molecule has 0 aliphatic heterocycles. The van der Waals surface area contributed by atoms with Crippen LogP contribution in [0.25, 0.3) is 0 Å². The molecule has 0 fully saturated rings. The molecule has 0 spiro atoms. The molecule has 0 saturated heterocycles. The first-order chi connectivity index (χ1) is 10.9. The van der Waals surface area contributed by atoms with E-state index in [-0.39, 0.29) is 5.91 Å². The number of hydrogen-bond acceptors (Lipinski definition) is 4. The summed E-state index contributed by atoms with van der Waals surface area (Å²) in [5.74, 6) is 0.299. The highest BCUT2D eigenvalue weighted by molar-refractivity contribution is 5.95. The van der Waals surface area contributed by atoms with E-state index in [0.29, 0.717) is 11.3 Å². The van der Waals surface area contributed by atoms with Crippen LogP contribution in [0.15, 0.2) is 30.3 Å². The van der Waals surface area contributed by atoms with Gasteiger partial charge in [-0.2, -0.15) is 5.26 Å². The quantitative estimate of drug-likeness (QED) is 0.940. The highest BCUT2D eigenvalue weighted by atomic mass is 16.5. The van der Waals surface area contributed by atoms with Gasteiger partial charge in [0.25, 0.3) is 5.91 Å². The topological polar surface area (TPSA) is 75.0 Å². The highest BCUT2D eigenvalue weighted by Crippen LogP contribution is 2.20. The third kappa shape index (κ3) is 4.07. The summed E-state index contributed by atoms with van der Waals surface area (Å²) in [6, 6.07) is 10.6. The average Bonchev–Trinajstić information content (AvgIpc) is 2.51. The number of hydrogen-bond donors (Lipinski definition) is 1. The van der Waals surface area contributed by atoms with Crippen LogP contribution >= 0.6 is 0 Å². The van der Waals surface area contributed by atoms with Crippen LogP contribution in [-0.4, -0.2) is 17.0 Å². The van der Waals surface area contributed by atoms with Crippen molar-refractivity contribution in [1.82, 2.24) is 4.98 Å². The van der Waals surface area contributed by atoms with Crippen LogP contribution in [0, 0.1) is 32.1 Å². The van der Waals surface area contributed by atoms with Crippen molar-refractivity contribution in [1.29, 1.82) is 5.26 Å². The van der Waals surface area contributed by atoms with E-state index in [1.54, 1.807) is 31.2 Å². The summed E-state index contributed by atoms with van der Waals surface area (Å²) >= 11 is 0. The largest absolute Gasteiger partial charge is 0.481 e. The van der Waals surface area contributed by atoms with E-state index in [0.717, 1.165) is 22.6 Å². The molecule has 1 aromatic carbocycles. The number of benzene rings is 1. The molecule has 1 heterocycles. The Morgan fingerprint density at radius 2 is 1.91 bits per heavy atom. The molecule has 1 N–H and O–H groups in total. The van der Waals surface area contributed by atoms with Crippen molar-refractivity contribution in [2.75, 3.05) is 5.32 Å². The minimum atomic E-state index is -0.664. The summed E-state index contributed by atoms with van der Waals surface area (Å²) in [7, 11) is 0. The van der Waals surface area contributed by atoms with E-state index in [9.17, 15) is 4.79 Å². The number of ether oxygens (including phenoxy) is 1. The predicted octanol–water partition coefficient (Wildman–Crippen LogP) is 3.28. The summed E-state index contributed by atoms with van der Waals surface area (Å²) in [6.45, 7) is 7.40. The first-order valence-electron chi connectivity index (χ1n) is 7.33. The molecule has 1 unspecified atom stereocenters. The third-order valence-electron chi connectivity index (χ3n) is 3.44. The van der Waals surface area contributed by atoms with Crippen LogP contribution in [0.5, 0.6) is 5.75 Å². The van der Waals surface area contributed by atoms with Crippen LogP contribution in [0.3, 0.4) is 0 Å². The maximum atomic E-state index is 12.3. The van der Waals surface area contributed by atoms with Gasteiger partial charge in [0.2, 0.25) is 0 Å². The summed E-state index contributed by atoms with van der Waals surface area (Å²) in [4.78, 5) is 16.7. The molecule has 0 bridgehead atoms. The zero-order chi connectivity index (χ0) is 17.0. The van der Waals surface area contributed by atoms with Crippen LogP contribution in [0.2, 0.25) is 0 Å². The number of nitriles is 1. The van der Waals surface area contributed by atoms with Gasteiger partial charge in [0.05, 0.1) is 23.0 Å². The van der Waals surface area contributed by atoms with E-state index >= 15 is 0 Å². The van der Waals surface area contributed by atoms with Crippen molar-refractivity contribution in [2.24, 2.45) is 0 Å². The number of nitrogens with zero attached hydrogens (tertiary/aromatic N) is 2. The van der Waals surface area contributed by atoms with Gasteiger partial charge in [0, 0.05) is 5.69 Å². The lowest BCUT2D eigenvalue weighted by molar-refractivity contribution is -0.122.